The molecular weight excluding hydrogens is 180 g/mol. The highest BCUT2D eigenvalue weighted by Crippen LogP contribution is 2.65. The van der Waals surface area contributed by atoms with Crippen molar-refractivity contribution in [3.63, 3.8) is 0 Å². The van der Waals surface area contributed by atoms with Crippen molar-refractivity contribution >= 4 is 5.97 Å². The van der Waals surface area contributed by atoms with Crippen LogP contribution in [0.3, 0.4) is 0 Å². The molecule has 2 aliphatic carbocycles. The van der Waals surface area contributed by atoms with E-state index in [0.29, 0.717) is 0 Å². The van der Waals surface area contributed by atoms with Crippen LogP contribution in [0.25, 0.3) is 0 Å². The molecule has 3 N–H and O–H groups in total. The van der Waals surface area contributed by atoms with Crippen molar-refractivity contribution < 1.29 is 18.7 Å². The van der Waals surface area contributed by atoms with Crippen molar-refractivity contribution in [2.45, 2.75) is 24.8 Å². The number of hydrogen-bond acceptors (Lipinski definition) is 2. The second-order valence-corrected chi connectivity index (χ2v) is 3.98. The van der Waals surface area contributed by atoms with E-state index in [4.69, 9.17) is 10.8 Å². The van der Waals surface area contributed by atoms with E-state index in [1.54, 1.807) is 0 Å². The maximum Gasteiger partial charge on any atom is 0.320 e. The first kappa shape index (κ1) is 8.87. The number of carboxylic acid groups (broad SMARTS) is 1. The first-order valence-electron chi connectivity index (χ1n) is 4.30. The van der Waals surface area contributed by atoms with E-state index in [2.05, 4.69) is 0 Å². The second kappa shape index (κ2) is 2.41. The van der Waals surface area contributed by atoms with Gasteiger partial charge in [-0.3, -0.25) is 4.79 Å². The molecule has 0 radical (unpaired) electrons. The van der Waals surface area contributed by atoms with Crippen LogP contribution < -0.4 is 5.73 Å². The van der Waals surface area contributed by atoms with Crippen LogP contribution in [0.4, 0.5) is 8.78 Å². The van der Waals surface area contributed by atoms with Gasteiger partial charge in [-0.1, -0.05) is 0 Å². The van der Waals surface area contributed by atoms with Crippen LogP contribution in [0.2, 0.25) is 0 Å². The summed E-state index contributed by atoms with van der Waals surface area (Å²) in [6.07, 6.45) is 0.538. The van der Waals surface area contributed by atoms with Gasteiger partial charge in [0.15, 0.2) is 0 Å². The summed E-state index contributed by atoms with van der Waals surface area (Å²) < 4.78 is 25.4. The minimum Gasteiger partial charge on any atom is -0.480 e. The average Bonchev–Trinajstić information content (AvgIpc) is 2.53. The van der Waals surface area contributed by atoms with Gasteiger partial charge in [-0.05, 0) is 18.8 Å². The largest absolute Gasteiger partial charge is 0.480 e. The molecule has 0 bridgehead atoms. The zero-order chi connectivity index (χ0) is 9.80. The van der Waals surface area contributed by atoms with Gasteiger partial charge in [0.2, 0.25) is 0 Å². The third kappa shape index (κ3) is 1.14. The number of carboxylic acids is 1. The molecule has 3 nitrogen and oxygen atoms in total. The molecule has 0 spiro atoms. The number of hydrogen-bond donors (Lipinski definition) is 2. The van der Waals surface area contributed by atoms with Gasteiger partial charge in [-0.2, -0.15) is 0 Å². The van der Waals surface area contributed by atoms with Crippen molar-refractivity contribution in [2.75, 3.05) is 0 Å². The predicted octanol–water partition coefficient (Wildman–Crippen LogP) is 0.690. The Balaban J connectivity index is 1.94. The molecule has 74 valence electrons. The zero-order valence-electron chi connectivity index (χ0n) is 6.91. The highest BCUT2D eigenvalue weighted by Gasteiger charge is 2.72. The Morgan fingerprint density at radius 3 is 2.31 bits per heavy atom. The standard InChI is InChI=1S/C8H11F2NO2/c9-8(10)4-1-3(2-5(4)8)6(11)7(12)13/h3-6H,1-2,11H2,(H,12,13)/t4-,5-,6+/m1/s1. The lowest BCUT2D eigenvalue weighted by atomic mass is 9.95. The highest BCUT2D eigenvalue weighted by atomic mass is 19.3. The first-order chi connectivity index (χ1) is 5.94. The van der Waals surface area contributed by atoms with Crippen LogP contribution in [-0.4, -0.2) is 23.0 Å². The maximum atomic E-state index is 12.7. The number of fused-ring (bicyclic) bond motifs is 1. The smallest absolute Gasteiger partial charge is 0.320 e. The van der Waals surface area contributed by atoms with Crippen molar-refractivity contribution in [3.8, 4) is 0 Å². The van der Waals surface area contributed by atoms with Gasteiger partial charge in [-0.25, -0.2) is 8.78 Å². The Kier molecular flexibility index (Phi) is 1.64. The highest BCUT2D eigenvalue weighted by molar-refractivity contribution is 5.73. The van der Waals surface area contributed by atoms with Gasteiger partial charge >= 0.3 is 5.97 Å². The van der Waals surface area contributed by atoms with Crippen molar-refractivity contribution in [2.24, 2.45) is 23.5 Å². The molecule has 5 heteroatoms. The van der Waals surface area contributed by atoms with Crippen LogP contribution in [0.15, 0.2) is 0 Å². The molecule has 0 unspecified atom stereocenters. The summed E-state index contributed by atoms with van der Waals surface area (Å²) in [5.41, 5.74) is 5.35. The lowest BCUT2D eigenvalue weighted by molar-refractivity contribution is -0.140. The average molecular weight is 191 g/mol. The second-order valence-electron chi connectivity index (χ2n) is 3.98. The van der Waals surface area contributed by atoms with E-state index >= 15 is 0 Å². The fraction of sp³-hybridized carbons (Fsp3) is 0.875. The minimum absolute atomic E-state index is 0.257. The molecule has 2 fully saturated rings. The molecule has 2 rings (SSSR count). The molecule has 0 aliphatic heterocycles. The van der Waals surface area contributed by atoms with E-state index < -0.39 is 29.8 Å². The van der Waals surface area contributed by atoms with E-state index in [0.717, 1.165) is 0 Å². The molecular formula is C8H11F2NO2. The van der Waals surface area contributed by atoms with Crippen LogP contribution in [0.5, 0.6) is 0 Å². The number of halogens is 2. The topological polar surface area (TPSA) is 63.3 Å². The summed E-state index contributed by atoms with van der Waals surface area (Å²) in [5, 5.41) is 8.56. The summed E-state index contributed by atoms with van der Waals surface area (Å²) in [6, 6.07) is -0.969. The molecule has 3 atom stereocenters. The van der Waals surface area contributed by atoms with E-state index in [-0.39, 0.29) is 18.8 Å². The molecule has 0 aromatic rings. The molecule has 0 aromatic heterocycles. The van der Waals surface area contributed by atoms with Crippen LogP contribution in [0.1, 0.15) is 12.8 Å². The number of aliphatic carboxylic acids is 1. The Hall–Kier alpha value is -0.710. The van der Waals surface area contributed by atoms with Crippen LogP contribution in [-0.2, 0) is 4.79 Å². The van der Waals surface area contributed by atoms with Gasteiger partial charge in [-0.15, -0.1) is 0 Å². The first-order valence-corrected chi connectivity index (χ1v) is 4.30. The summed E-state index contributed by atoms with van der Waals surface area (Å²) in [6.45, 7) is 0. The van der Waals surface area contributed by atoms with E-state index in [1.165, 1.54) is 0 Å². The Bertz CT molecular complexity index is 243. The SMILES string of the molecule is N[C@H](C(=O)O)C1C[C@@H]2[C@@H](C1)C2(F)F. The third-order valence-corrected chi connectivity index (χ3v) is 3.27. The van der Waals surface area contributed by atoms with Gasteiger partial charge < -0.3 is 10.8 Å². The Morgan fingerprint density at radius 2 is 1.92 bits per heavy atom. The lowest BCUT2D eigenvalue weighted by Crippen LogP contribution is -2.38. The van der Waals surface area contributed by atoms with Gasteiger partial charge in [0.25, 0.3) is 5.92 Å². The fourth-order valence-corrected chi connectivity index (χ4v) is 2.35. The normalized spacial score (nSPS) is 38.4. The molecule has 0 amide bonds. The van der Waals surface area contributed by atoms with Crippen molar-refractivity contribution in [1.82, 2.24) is 0 Å². The molecule has 13 heavy (non-hydrogen) atoms. The Morgan fingerprint density at radius 1 is 1.46 bits per heavy atom. The maximum absolute atomic E-state index is 12.7. The Labute approximate surface area is 73.9 Å². The minimum atomic E-state index is -2.53. The van der Waals surface area contributed by atoms with Crippen LogP contribution in [0, 0.1) is 17.8 Å². The summed E-state index contributed by atoms with van der Waals surface area (Å²) >= 11 is 0. The molecule has 0 saturated heterocycles. The summed E-state index contributed by atoms with van der Waals surface area (Å²) in [4.78, 5) is 10.5. The number of rotatable bonds is 2. The third-order valence-electron chi connectivity index (χ3n) is 3.27. The molecule has 0 aromatic carbocycles. The lowest BCUT2D eigenvalue weighted by Gasteiger charge is -2.17. The molecule has 2 aliphatic rings. The van der Waals surface area contributed by atoms with E-state index in [1.807, 2.05) is 0 Å². The van der Waals surface area contributed by atoms with E-state index in [9.17, 15) is 13.6 Å². The molecule has 2 saturated carbocycles. The predicted molar refractivity (Wildman–Crippen MR) is 40.3 cm³/mol. The number of nitrogens with two attached hydrogens (primary N) is 1. The summed E-state index contributed by atoms with van der Waals surface area (Å²) in [7, 11) is 0. The van der Waals surface area contributed by atoms with Gasteiger partial charge in [0.05, 0.1) is 0 Å². The fourth-order valence-electron chi connectivity index (χ4n) is 2.35. The monoisotopic (exact) mass is 191 g/mol. The van der Waals surface area contributed by atoms with Gasteiger partial charge in [0.1, 0.15) is 6.04 Å². The van der Waals surface area contributed by atoms with Crippen molar-refractivity contribution in [1.29, 1.82) is 0 Å². The van der Waals surface area contributed by atoms with Crippen LogP contribution >= 0.6 is 0 Å². The zero-order valence-corrected chi connectivity index (χ0v) is 6.91. The number of carbonyl (C=O) groups is 1. The van der Waals surface area contributed by atoms with Crippen molar-refractivity contribution in [3.05, 3.63) is 0 Å². The quantitative estimate of drug-likeness (QED) is 0.675. The molecule has 0 heterocycles. The van der Waals surface area contributed by atoms with Gasteiger partial charge in [0, 0.05) is 11.8 Å². The number of alkyl halides is 2. The summed E-state index contributed by atoms with van der Waals surface area (Å²) in [5.74, 6) is -5.07.